The Balaban J connectivity index is 1.96. The Kier molecular flexibility index (Phi) is 4.69. The fraction of sp³-hybridized carbons (Fsp3) is 0.750. The van der Waals surface area contributed by atoms with Gasteiger partial charge in [0, 0.05) is 26.5 Å². The average Bonchev–Trinajstić information content (AvgIpc) is 2.91. The lowest BCUT2D eigenvalue weighted by atomic mass is 10.1. The van der Waals surface area contributed by atoms with E-state index in [1.807, 2.05) is 0 Å². The number of carbonyl (C=O) groups excluding carboxylic acids is 1. The summed E-state index contributed by atoms with van der Waals surface area (Å²) < 4.78 is 6.57. The van der Waals surface area contributed by atoms with Gasteiger partial charge in [0.1, 0.15) is 11.8 Å². The molecule has 8 nitrogen and oxygen atoms in total. The predicted molar refractivity (Wildman–Crippen MR) is 68.5 cm³/mol. The zero-order valence-corrected chi connectivity index (χ0v) is 11.6. The molecule has 1 aliphatic rings. The summed E-state index contributed by atoms with van der Waals surface area (Å²) in [5, 5.41) is 30.5. The van der Waals surface area contributed by atoms with E-state index < -0.39 is 18.2 Å². The molecule has 0 saturated heterocycles. The van der Waals surface area contributed by atoms with Gasteiger partial charge in [-0.15, -0.1) is 5.10 Å². The second kappa shape index (κ2) is 6.29. The van der Waals surface area contributed by atoms with Crippen LogP contribution in [-0.4, -0.2) is 56.5 Å². The van der Waals surface area contributed by atoms with Gasteiger partial charge in [0.2, 0.25) is 5.91 Å². The normalized spacial score (nSPS) is 29.6. The van der Waals surface area contributed by atoms with E-state index in [0.717, 1.165) is 0 Å². The van der Waals surface area contributed by atoms with Crippen LogP contribution < -0.4 is 5.32 Å². The van der Waals surface area contributed by atoms with Gasteiger partial charge >= 0.3 is 0 Å². The summed E-state index contributed by atoms with van der Waals surface area (Å²) >= 11 is 0. The standard InChI is InChI=1S/C12H20N4O4/c1-7(17)13-10-3-8(11(18)12(10)19)4-16-5-9(6-20-2)14-15-16/h5,8,10-12,18-19H,3-4,6H2,1-2H3,(H,13,17)/t8-,10-,11-,12+/m1/s1. The Morgan fingerprint density at radius 3 is 2.95 bits per heavy atom. The third-order valence-corrected chi connectivity index (χ3v) is 3.49. The first-order valence-corrected chi connectivity index (χ1v) is 6.52. The van der Waals surface area contributed by atoms with E-state index in [1.54, 1.807) is 18.0 Å². The molecule has 1 aromatic rings. The van der Waals surface area contributed by atoms with Crippen molar-refractivity contribution in [1.82, 2.24) is 20.3 Å². The fourth-order valence-electron chi connectivity index (χ4n) is 2.59. The summed E-state index contributed by atoms with van der Waals surface area (Å²) in [6.45, 7) is 2.20. The highest BCUT2D eigenvalue weighted by Gasteiger charge is 2.41. The maximum absolute atomic E-state index is 11.0. The van der Waals surface area contributed by atoms with Gasteiger partial charge in [-0.2, -0.15) is 0 Å². The highest BCUT2D eigenvalue weighted by atomic mass is 16.5. The van der Waals surface area contributed by atoms with Crippen molar-refractivity contribution in [3.8, 4) is 0 Å². The van der Waals surface area contributed by atoms with E-state index >= 15 is 0 Å². The second-order valence-corrected chi connectivity index (χ2v) is 5.15. The molecule has 8 heteroatoms. The Labute approximate surface area is 116 Å². The van der Waals surface area contributed by atoms with Crippen LogP contribution in [0.15, 0.2) is 6.20 Å². The highest BCUT2D eigenvalue weighted by Crippen LogP contribution is 2.28. The highest BCUT2D eigenvalue weighted by molar-refractivity contribution is 5.73. The maximum Gasteiger partial charge on any atom is 0.217 e. The number of ether oxygens (including phenoxy) is 1. The minimum Gasteiger partial charge on any atom is -0.390 e. The van der Waals surface area contributed by atoms with Gasteiger partial charge in [0.15, 0.2) is 0 Å². The monoisotopic (exact) mass is 284 g/mol. The SMILES string of the molecule is COCc1cn(C[C@H]2C[C@@H](NC(C)=O)[C@H](O)[C@@H]2O)nn1. The van der Waals surface area contributed by atoms with E-state index in [0.29, 0.717) is 25.3 Å². The minimum atomic E-state index is -0.953. The van der Waals surface area contributed by atoms with E-state index in [-0.39, 0.29) is 11.8 Å². The number of nitrogens with zero attached hydrogens (tertiary/aromatic N) is 3. The van der Waals surface area contributed by atoms with Crippen LogP contribution in [0, 0.1) is 5.92 Å². The number of aliphatic hydroxyl groups is 2. The van der Waals surface area contributed by atoms with E-state index in [1.165, 1.54) is 6.92 Å². The number of aromatic nitrogens is 3. The number of methoxy groups -OCH3 is 1. The number of nitrogens with one attached hydrogen (secondary N) is 1. The molecule has 1 fully saturated rings. The van der Waals surface area contributed by atoms with Gasteiger partial charge < -0.3 is 20.3 Å². The van der Waals surface area contributed by atoms with E-state index in [2.05, 4.69) is 15.6 Å². The van der Waals surface area contributed by atoms with Crippen molar-refractivity contribution in [3.63, 3.8) is 0 Å². The number of amides is 1. The summed E-state index contributed by atoms with van der Waals surface area (Å²) in [5.74, 6) is -0.399. The largest absolute Gasteiger partial charge is 0.390 e. The van der Waals surface area contributed by atoms with Gasteiger partial charge in [-0.3, -0.25) is 9.48 Å². The third-order valence-electron chi connectivity index (χ3n) is 3.49. The Bertz CT molecular complexity index is 464. The lowest BCUT2D eigenvalue weighted by molar-refractivity contribution is -0.120. The van der Waals surface area contributed by atoms with Gasteiger partial charge in [-0.25, -0.2) is 0 Å². The third kappa shape index (κ3) is 3.33. The summed E-state index contributed by atoms with van der Waals surface area (Å²) in [6.07, 6.45) is 0.406. The first-order chi connectivity index (χ1) is 9.51. The second-order valence-electron chi connectivity index (χ2n) is 5.15. The molecule has 0 aliphatic heterocycles. The summed E-state index contributed by atoms with van der Waals surface area (Å²) in [5.41, 5.74) is 0.707. The van der Waals surface area contributed by atoms with Crippen molar-refractivity contribution < 1.29 is 19.7 Å². The smallest absolute Gasteiger partial charge is 0.217 e. The number of aliphatic hydroxyl groups excluding tert-OH is 2. The predicted octanol–water partition coefficient (Wildman–Crippen LogP) is -1.33. The van der Waals surface area contributed by atoms with Gasteiger partial charge in [-0.1, -0.05) is 5.21 Å². The van der Waals surface area contributed by atoms with Gasteiger partial charge in [-0.05, 0) is 6.42 Å². The van der Waals surface area contributed by atoms with Gasteiger partial charge in [0.05, 0.1) is 24.9 Å². The zero-order valence-electron chi connectivity index (χ0n) is 11.6. The van der Waals surface area contributed by atoms with Crippen LogP contribution in [0.1, 0.15) is 19.0 Å². The molecule has 0 aromatic carbocycles. The Morgan fingerprint density at radius 2 is 2.30 bits per heavy atom. The number of rotatable bonds is 5. The molecule has 0 bridgehead atoms. The van der Waals surface area contributed by atoms with E-state index in [4.69, 9.17) is 4.74 Å². The number of hydrogen-bond acceptors (Lipinski definition) is 6. The Morgan fingerprint density at radius 1 is 1.55 bits per heavy atom. The molecular formula is C12H20N4O4. The molecule has 20 heavy (non-hydrogen) atoms. The van der Waals surface area contributed by atoms with Crippen LogP contribution in [-0.2, 0) is 22.7 Å². The lowest BCUT2D eigenvalue weighted by Gasteiger charge is -2.17. The van der Waals surface area contributed by atoms with Gasteiger partial charge in [0.25, 0.3) is 0 Å². The summed E-state index contributed by atoms with van der Waals surface area (Å²) in [4.78, 5) is 11.0. The number of hydrogen-bond donors (Lipinski definition) is 3. The molecule has 0 unspecified atom stereocenters. The van der Waals surface area contributed by atoms with Crippen LogP contribution in [0.2, 0.25) is 0 Å². The maximum atomic E-state index is 11.0. The lowest BCUT2D eigenvalue weighted by Crippen LogP contribution is -2.42. The molecule has 0 spiro atoms. The quantitative estimate of drug-likeness (QED) is 0.618. The summed E-state index contributed by atoms with van der Waals surface area (Å²) in [6, 6.07) is -0.422. The van der Waals surface area contributed by atoms with Crippen molar-refractivity contribution in [2.45, 2.75) is 44.7 Å². The molecule has 3 N–H and O–H groups in total. The molecule has 1 aromatic heterocycles. The number of carbonyl (C=O) groups is 1. The van der Waals surface area contributed by atoms with E-state index in [9.17, 15) is 15.0 Å². The molecule has 1 heterocycles. The minimum absolute atomic E-state index is 0.182. The topological polar surface area (TPSA) is 110 Å². The summed E-state index contributed by atoms with van der Waals surface area (Å²) in [7, 11) is 1.58. The van der Waals surface area contributed by atoms with Crippen molar-refractivity contribution in [2.24, 2.45) is 5.92 Å². The Hall–Kier alpha value is -1.51. The zero-order chi connectivity index (χ0) is 14.7. The van der Waals surface area contributed by atoms with Crippen molar-refractivity contribution in [1.29, 1.82) is 0 Å². The van der Waals surface area contributed by atoms with Crippen molar-refractivity contribution in [2.75, 3.05) is 7.11 Å². The molecule has 112 valence electrons. The van der Waals surface area contributed by atoms with Crippen LogP contribution in [0.25, 0.3) is 0 Å². The van der Waals surface area contributed by atoms with Crippen LogP contribution in [0.4, 0.5) is 0 Å². The first kappa shape index (κ1) is 14.9. The molecule has 2 rings (SSSR count). The van der Waals surface area contributed by atoms with Crippen LogP contribution in [0.5, 0.6) is 0 Å². The molecule has 0 radical (unpaired) electrons. The molecular weight excluding hydrogens is 264 g/mol. The first-order valence-electron chi connectivity index (χ1n) is 6.52. The molecule has 1 saturated carbocycles. The van der Waals surface area contributed by atoms with Crippen LogP contribution >= 0.6 is 0 Å². The fourth-order valence-corrected chi connectivity index (χ4v) is 2.59. The van der Waals surface area contributed by atoms with Crippen molar-refractivity contribution >= 4 is 5.91 Å². The molecule has 1 amide bonds. The average molecular weight is 284 g/mol. The molecule has 1 aliphatic carbocycles. The molecule has 4 atom stereocenters. The van der Waals surface area contributed by atoms with Crippen LogP contribution in [0.3, 0.4) is 0 Å². The van der Waals surface area contributed by atoms with Crippen molar-refractivity contribution in [3.05, 3.63) is 11.9 Å².